The maximum atomic E-state index is 14.1. The molecule has 6 rings (SSSR count). The summed E-state index contributed by atoms with van der Waals surface area (Å²) < 4.78 is 19.0. The fraction of sp³-hybridized carbons (Fsp3) is 0.463. The molecule has 9 nitrogen and oxygen atoms in total. The number of aromatic nitrogens is 2. The van der Waals surface area contributed by atoms with Crippen molar-refractivity contribution in [1.82, 2.24) is 19.4 Å². The van der Waals surface area contributed by atoms with Crippen LogP contribution in [0.3, 0.4) is 0 Å². The summed E-state index contributed by atoms with van der Waals surface area (Å²) in [5.74, 6) is 2.50. The van der Waals surface area contributed by atoms with Crippen molar-refractivity contribution in [2.45, 2.75) is 58.9 Å². The van der Waals surface area contributed by atoms with Gasteiger partial charge in [-0.3, -0.25) is 4.79 Å². The molecule has 2 fully saturated rings. The minimum absolute atomic E-state index is 0.0172. The normalized spacial score (nSPS) is 18.3. The van der Waals surface area contributed by atoms with Gasteiger partial charge in [0.2, 0.25) is 11.7 Å². The SMILES string of the molecule is COc1cc(C(=O)N2CCC(CCN3CCCN(c4nc5ccccc5n4CC=C(C)C)CC3)(c3ccc(C)c(C)c3)C2)cc(OC)c1OC. The van der Waals surface area contributed by atoms with Gasteiger partial charge >= 0.3 is 0 Å². The minimum atomic E-state index is -0.140. The second-order valence-electron chi connectivity index (χ2n) is 14.2. The number of para-hydroxylation sites is 2. The molecule has 0 saturated carbocycles. The second kappa shape index (κ2) is 15.2. The average molecular weight is 680 g/mol. The number of carbonyl (C=O) groups is 1. The molecule has 0 radical (unpaired) electrons. The molecule has 0 bridgehead atoms. The molecule has 1 unspecified atom stereocenters. The van der Waals surface area contributed by atoms with E-state index in [9.17, 15) is 4.79 Å². The highest BCUT2D eigenvalue weighted by Gasteiger charge is 2.42. The lowest BCUT2D eigenvalue weighted by atomic mass is 9.76. The number of benzene rings is 3. The van der Waals surface area contributed by atoms with Crippen molar-refractivity contribution in [1.29, 1.82) is 0 Å². The van der Waals surface area contributed by atoms with Crippen LogP contribution in [0.2, 0.25) is 0 Å². The van der Waals surface area contributed by atoms with Crippen LogP contribution in [0.5, 0.6) is 17.2 Å². The first kappa shape index (κ1) is 35.3. The van der Waals surface area contributed by atoms with Crippen LogP contribution in [-0.2, 0) is 12.0 Å². The molecule has 3 aromatic carbocycles. The van der Waals surface area contributed by atoms with Gasteiger partial charge in [-0.05, 0) is 101 Å². The molecule has 2 aliphatic heterocycles. The molecular weight excluding hydrogens is 626 g/mol. The van der Waals surface area contributed by atoms with Crippen LogP contribution in [0.15, 0.2) is 66.2 Å². The lowest BCUT2D eigenvalue weighted by Crippen LogP contribution is -2.39. The highest BCUT2D eigenvalue weighted by atomic mass is 16.5. The molecule has 50 heavy (non-hydrogen) atoms. The maximum absolute atomic E-state index is 14.1. The number of carbonyl (C=O) groups excluding carboxylic acids is 1. The quantitative estimate of drug-likeness (QED) is 0.158. The summed E-state index contributed by atoms with van der Waals surface area (Å²) in [4.78, 5) is 26.3. The van der Waals surface area contributed by atoms with E-state index in [-0.39, 0.29) is 11.3 Å². The van der Waals surface area contributed by atoms with Gasteiger partial charge in [0.25, 0.3) is 5.91 Å². The molecule has 1 atom stereocenters. The molecule has 0 spiro atoms. The summed E-state index contributed by atoms with van der Waals surface area (Å²) in [6.07, 6.45) is 5.26. The molecular formula is C41H53N5O4. The van der Waals surface area contributed by atoms with Crippen LogP contribution in [0, 0.1) is 13.8 Å². The van der Waals surface area contributed by atoms with Crippen LogP contribution in [-0.4, -0.2) is 92.4 Å². The van der Waals surface area contributed by atoms with E-state index in [1.54, 1.807) is 33.5 Å². The Morgan fingerprint density at radius 1 is 0.880 bits per heavy atom. The number of aryl methyl sites for hydroxylation is 2. The van der Waals surface area contributed by atoms with Crippen molar-refractivity contribution < 1.29 is 19.0 Å². The van der Waals surface area contributed by atoms with E-state index in [1.807, 2.05) is 4.90 Å². The molecule has 9 heteroatoms. The zero-order valence-electron chi connectivity index (χ0n) is 30.9. The first-order valence-electron chi connectivity index (χ1n) is 17.9. The van der Waals surface area contributed by atoms with Crippen LogP contribution >= 0.6 is 0 Å². The topological polar surface area (TPSA) is 72.3 Å². The van der Waals surface area contributed by atoms with Crippen LogP contribution in [0.4, 0.5) is 5.95 Å². The van der Waals surface area contributed by atoms with E-state index in [0.717, 1.165) is 70.0 Å². The van der Waals surface area contributed by atoms with Crippen LogP contribution < -0.4 is 19.1 Å². The van der Waals surface area contributed by atoms with Crippen molar-refractivity contribution in [3.63, 3.8) is 0 Å². The third kappa shape index (κ3) is 7.20. The third-order valence-corrected chi connectivity index (χ3v) is 10.8. The third-order valence-electron chi connectivity index (χ3n) is 10.8. The highest BCUT2D eigenvalue weighted by Crippen LogP contribution is 2.42. The number of hydrogen-bond acceptors (Lipinski definition) is 7. The standard InChI is InChI=1S/C41H53N5O4/c1-29(2)15-20-46-35-12-9-8-11-34(35)42-40(46)44-19-10-18-43(23-24-44)21-16-41(33-14-13-30(3)31(4)25-33)17-22-45(28-41)39(47)32-26-36(48-5)38(50-7)37(27-32)49-6/h8-9,11-15,25-27H,10,16-24,28H2,1-7H3. The Morgan fingerprint density at radius 2 is 1.64 bits per heavy atom. The van der Waals surface area contributed by atoms with E-state index in [4.69, 9.17) is 19.2 Å². The second-order valence-corrected chi connectivity index (χ2v) is 14.2. The van der Waals surface area contributed by atoms with E-state index in [1.165, 1.54) is 27.8 Å². The summed E-state index contributed by atoms with van der Waals surface area (Å²) in [5, 5.41) is 0. The number of imidazole rings is 1. The maximum Gasteiger partial charge on any atom is 0.254 e. The van der Waals surface area contributed by atoms with Crippen molar-refractivity contribution in [3.05, 3.63) is 88.5 Å². The van der Waals surface area contributed by atoms with Crippen molar-refractivity contribution in [3.8, 4) is 17.2 Å². The molecule has 1 aromatic heterocycles. The van der Waals surface area contributed by atoms with Gasteiger partial charge in [0.1, 0.15) is 0 Å². The summed E-state index contributed by atoms with van der Waals surface area (Å²) in [6, 6.07) is 18.9. The molecule has 1 amide bonds. The zero-order valence-corrected chi connectivity index (χ0v) is 30.9. The molecule has 0 aliphatic carbocycles. The Balaban J connectivity index is 1.21. The number of ether oxygens (including phenoxy) is 3. The molecule has 3 heterocycles. The number of likely N-dealkylation sites (tertiary alicyclic amines) is 1. The Morgan fingerprint density at radius 3 is 2.34 bits per heavy atom. The average Bonchev–Trinajstić information content (AvgIpc) is 3.65. The number of nitrogens with zero attached hydrogens (tertiary/aromatic N) is 5. The summed E-state index contributed by atoms with van der Waals surface area (Å²) in [7, 11) is 4.73. The lowest BCUT2D eigenvalue weighted by Gasteiger charge is -2.33. The Labute approximate surface area is 297 Å². The lowest BCUT2D eigenvalue weighted by molar-refractivity contribution is 0.0780. The van der Waals surface area contributed by atoms with Gasteiger partial charge in [0, 0.05) is 50.2 Å². The first-order valence-corrected chi connectivity index (χ1v) is 17.9. The number of allylic oxidation sites excluding steroid dienone is 2. The number of fused-ring (bicyclic) bond motifs is 1. The number of hydrogen-bond donors (Lipinski definition) is 0. The number of methoxy groups -OCH3 is 3. The monoisotopic (exact) mass is 679 g/mol. The number of amides is 1. The van der Waals surface area contributed by atoms with Gasteiger partial charge in [-0.1, -0.05) is 42.0 Å². The number of anilines is 1. The minimum Gasteiger partial charge on any atom is -0.493 e. The smallest absolute Gasteiger partial charge is 0.254 e. The van der Waals surface area contributed by atoms with Gasteiger partial charge in [-0.15, -0.1) is 0 Å². The van der Waals surface area contributed by atoms with Crippen LogP contribution in [0.1, 0.15) is 60.2 Å². The molecule has 0 N–H and O–H groups in total. The largest absolute Gasteiger partial charge is 0.493 e. The van der Waals surface area contributed by atoms with Crippen LogP contribution in [0.25, 0.3) is 11.0 Å². The van der Waals surface area contributed by atoms with E-state index >= 15 is 0 Å². The van der Waals surface area contributed by atoms with Crippen molar-refractivity contribution in [2.24, 2.45) is 0 Å². The van der Waals surface area contributed by atoms with Gasteiger partial charge in [0.05, 0.1) is 32.4 Å². The summed E-state index contributed by atoms with van der Waals surface area (Å²) >= 11 is 0. The predicted octanol–water partition coefficient (Wildman–Crippen LogP) is 7.03. The van der Waals surface area contributed by atoms with E-state index < -0.39 is 0 Å². The summed E-state index contributed by atoms with van der Waals surface area (Å²) in [6.45, 7) is 15.7. The first-order chi connectivity index (χ1) is 24.2. The molecule has 2 aliphatic rings. The highest BCUT2D eigenvalue weighted by molar-refractivity contribution is 5.96. The Hall–Kier alpha value is -4.50. The van der Waals surface area contributed by atoms with E-state index in [0.29, 0.717) is 35.9 Å². The Kier molecular flexibility index (Phi) is 10.7. The molecule has 4 aromatic rings. The fourth-order valence-electron chi connectivity index (χ4n) is 7.61. The van der Waals surface area contributed by atoms with Gasteiger partial charge in [0.15, 0.2) is 11.5 Å². The van der Waals surface area contributed by atoms with Gasteiger partial charge in [-0.25, -0.2) is 4.98 Å². The molecule has 266 valence electrons. The molecule has 2 saturated heterocycles. The van der Waals surface area contributed by atoms with Crippen molar-refractivity contribution >= 4 is 22.9 Å². The Bertz CT molecular complexity index is 1840. The number of rotatable bonds is 11. The summed E-state index contributed by atoms with van der Waals surface area (Å²) in [5.41, 5.74) is 7.84. The van der Waals surface area contributed by atoms with Gasteiger partial charge < -0.3 is 33.5 Å². The van der Waals surface area contributed by atoms with Crippen molar-refractivity contribution in [2.75, 3.05) is 72.0 Å². The fourth-order valence-corrected chi connectivity index (χ4v) is 7.61. The predicted molar refractivity (Wildman–Crippen MR) is 201 cm³/mol. The zero-order chi connectivity index (χ0) is 35.4. The van der Waals surface area contributed by atoms with E-state index in [2.05, 4.69) is 90.6 Å². The van der Waals surface area contributed by atoms with Gasteiger partial charge in [-0.2, -0.15) is 0 Å².